The molecule has 1 aromatic rings. The molecule has 1 N–H and O–H groups in total. The second-order valence-electron chi connectivity index (χ2n) is 3.60. The Kier molecular flexibility index (Phi) is 3.15. The largest absolute Gasteiger partial charge is 0.478 e. The second kappa shape index (κ2) is 4.59. The van der Waals surface area contributed by atoms with Crippen LogP contribution in [-0.4, -0.2) is 29.4 Å². The number of ether oxygens (including phenoxy) is 1. The van der Waals surface area contributed by atoms with E-state index in [0.717, 1.165) is 0 Å². The van der Waals surface area contributed by atoms with E-state index in [9.17, 15) is 9.90 Å². The van der Waals surface area contributed by atoms with Gasteiger partial charge in [0.25, 0.3) is 0 Å². The molecule has 1 unspecified atom stereocenters. The van der Waals surface area contributed by atoms with Gasteiger partial charge >= 0.3 is 5.97 Å². The fourth-order valence-corrected chi connectivity index (χ4v) is 1.67. The molecule has 0 amide bonds. The van der Waals surface area contributed by atoms with Crippen LogP contribution in [0.5, 0.6) is 5.75 Å². The number of aliphatic imine (C=N–C) groups is 1. The van der Waals surface area contributed by atoms with E-state index in [2.05, 4.69) is 4.99 Å². The molecule has 0 saturated carbocycles. The molecule has 5 heteroatoms. The standard InChI is InChI=1S/C12H10ClNO3/c13-9-3-1-4-10(7-9)17-12(11(15)16)5-2-6-14-8-12/h1-7H,8H2,(H,15,16). The van der Waals surface area contributed by atoms with E-state index in [4.69, 9.17) is 16.3 Å². The summed E-state index contributed by atoms with van der Waals surface area (Å²) < 4.78 is 5.50. The van der Waals surface area contributed by atoms with Gasteiger partial charge in [0.05, 0.1) is 6.54 Å². The highest BCUT2D eigenvalue weighted by Gasteiger charge is 2.39. The van der Waals surface area contributed by atoms with Crippen LogP contribution in [0.4, 0.5) is 0 Å². The van der Waals surface area contributed by atoms with Crippen LogP contribution in [0.3, 0.4) is 0 Å². The molecular formula is C12H10ClNO3. The summed E-state index contributed by atoms with van der Waals surface area (Å²) in [7, 11) is 0. The summed E-state index contributed by atoms with van der Waals surface area (Å²) >= 11 is 5.81. The zero-order valence-electron chi connectivity index (χ0n) is 8.84. The highest BCUT2D eigenvalue weighted by atomic mass is 35.5. The molecule has 0 fully saturated rings. The summed E-state index contributed by atoms with van der Waals surface area (Å²) in [5.41, 5.74) is -1.45. The van der Waals surface area contributed by atoms with Crippen LogP contribution in [-0.2, 0) is 4.79 Å². The van der Waals surface area contributed by atoms with Gasteiger partial charge in [0.1, 0.15) is 5.75 Å². The van der Waals surface area contributed by atoms with Gasteiger partial charge in [-0.15, -0.1) is 0 Å². The average molecular weight is 252 g/mol. The molecule has 0 aromatic heterocycles. The lowest BCUT2D eigenvalue weighted by Gasteiger charge is -2.27. The fourth-order valence-electron chi connectivity index (χ4n) is 1.49. The van der Waals surface area contributed by atoms with Gasteiger partial charge in [0.2, 0.25) is 5.60 Å². The van der Waals surface area contributed by atoms with Crippen LogP contribution in [0.1, 0.15) is 0 Å². The molecule has 0 bridgehead atoms. The molecule has 4 nitrogen and oxygen atoms in total. The normalized spacial score (nSPS) is 22.4. The van der Waals surface area contributed by atoms with Crippen molar-refractivity contribution in [2.45, 2.75) is 5.60 Å². The smallest absolute Gasteiger partial charge is 0.354 e. The quantitative estimate of drug-likeness (QED) is 0.896. The third-order valence-corrected chi connectivity index (χ3v) is 2.58. The van der Waals surface area contributed by atoms with Gasteiger partial charge in [0, 0.05) is 11.2 Å². The Hall–Kier alpha value is -1.81. The van der Waals surface area contributed by atoms with Gasteiger partial charge in [-0.2, -0.15) is 0 Å². The van der Waals surface area contributed by atoms with Gasteiger partial charge in [-0.3, -0.25) is 4.99 Å². The molecule has 1 aliphatic rings. The summed E-state index contributed by atoms with van der Waals surface area (Å²) in [6, 6.07) is 6.61. The molecule has 17 heavy (non-hydrogen) atoms. The molecular weight excluding hydrogens is 242 g/mol. The van der Waals surface area contributed by atoms with E-state index in [1.165, 1.54) is 6.08 Å². The van der Waals surface area contributed by atoms with Crippen molar-refractivity contribution in [1.82, 2.24) is 0 Å². The molecule has 1 aliphatic heterocycles. The van der Waals surface area contributed by atoms with Crippen molar-refractivity contribution >= 4 is 23.8 Å². The van der Waals surface area contributed by atoms with Crippen LogP contribution < -0.4 is 4.74 Å². The first-order valence-electron chi connectivity index (χ1n) is 4.98. The minimum atomic E-state index is -1.45. The molecule has 0 saturated heterocycles. The van der Waals surface area contributed by atoms with Gasteiger partial charge in [0.15, 0.2) is 0 Å². The number of hydrogen-bond acceptors (Lipinski definition) is 3. The van der Waals surface area contributed by atoms with E-state index in [0.29, 0.717) is 10.8 Å². The van der Waals surface area contributed by atoms with Crippen molar-refractivity contribution in [3.63, 3.8) is 0 Å². The first kappa shape index (κ1) is 11.7. The molecule has 2 rings (SSSR count). The van der Waals surface area contributed by atoms with Gasteiger partial charge < -0.3 is 9.84 Å². The van der Waals surface area contributed by atoms with Crippen molar-refractivity contribution in [1.29, 1.82) is 0 Å². The molecule has 0 aliphatic carbocycles. The van der Waals surface area contributed by atoms with E-state index in [1.54, 1.807) is 36.6 Å². The second-order valence-corrected chi connectivity index (χ2v) is 4.04. The molecule has 88 valence electrons. The molecule has 1 atom stereocenters. The maximum atomic E-state index is 11.3. The predicted octanol–water partition coefficient (Wildman–Crippen LogP) is 2.18. The van der Waals surface area contributed by atoms with Crippen LogP contribution in [0.15, 0.2) is 41.4 Å². The summed E-state index contributed by atoms with van der Waals surface area (Å²) in [6.45, 7) is 0.0470. The number of carboxylic acid groups (broad SMARTS) is 1. The summed E-state index contributed by atoms with van der Waals surface area (Å²) in [6.07, 6.45) is 4.58. The highest BCUT2D eigenvalue weighted by Crippen LogP contribution is 2.24. The zero-order valence-corrected chi connectivity index (χ0v) is 9.59. The van der Waals surface area contributed by atoms with Crippen molar-refractivity contribution in [3.05, 3.63) is 41.4 Å². The molecule has 0 spiro atoms. The molecule has 1 heterocycles. The number of dihydropyridines is 1. The minimum absolute atomic E-state index is 0.0470. The number of carboxylic acids is 1. The van der Waals surface area contributed by atoms with Crippen molar-refractivity contribution in [3.8, 4) is 5.75 Å². The van der Waals surface area contributed by atoms with Crippen LogP contribution in [0.25, 0.3) is 0 Å². The van der Waals surface area contributed by atoms with Crippen LogP contribution in [0, 0.1) is 0 Å². The maximum absolute atomic E-state index is 11.3. The lowest BCUT2D eigenvalue weighted by atomic mass is 10.0. The first-order chi connectivity index (χ1) is 8.12. The van der Waals surface area contributed by atoms with Gasteiger partial charge in [-0.1, -0.05) is 17.7 Å². The summed E-state index contributed by atoms with van der Waals surface area (Å²) in [4.78, 5) is 15.2. The lowest BCUT2D eigenvalue weighted by Crippen LogP contribution is -2.46. The number of benzene rings is 1. The first-order valence-corrected chi connectivity index (χ1v) is 5.36. The Morgan fingerprint density at radius 2 is 2.35 bits per heavy atom. The number of aliphatic carboxylic acids is 1. The number of allylic oxidation sites excluding steroid dienone is 1. The Balaban J connectivity index is 2.28. The highest BCUT2D eigenvalue weighted by molar-refractivity contribution is 6.30. The SMILES string of the molecule is O=C(O)C1(Oc2cccc(Cl)c2)C=CC=NC1. The minimum Gasteiger partial charge on any atom is -0.478 e. The number of halogens is 1. The topological polar surface area (TPSA) is 58.9 Å². The summed E-state index contributed by atoms with van der Waals surface area (Å²) in [5, 5.41) is 9.73. The van der Waals surface area contributed by atoms with E-state index in [-0.39, 0.29) is 6.54 Å². The van der Waals surface area contributed by atoms with Gasteiger partial charge in [-0.05, 0) is 30.4 Å². The monoisotopic (exact) mass is 251 g/mol. The Bertz CT molecular complexity index is 498. The number of rotatable bonds is 3. The van der Waals surface area contributed by atoms with E-state index < -0.39 is 11.6 Å². The predicted molar refractivity (Wildman–Crippen MR) is 64.9 cm³/mol. The van der Waals surface area contributed by atoms with Gasteiger partial charge in [-0.25, -0.2) is 4.79 Å². The van der Waals surface area contributed by atoms with Crippen molar-refractivity contribution in [2.75, 3.05) is 6.54 Å². The van der Waals surface area contributed by atoms with E-state index in [1.807, 2.05) is 0 Å². The van der Waals surface area contributed by atoms with Crippen LogP contribution >= 0.6 is 11.6 Å². The van der Waals surface area contributed by atoms with Crippen molar-refractivity contribution in [2.24, 2.45) is 4.99 Å². The molecule has 0 radical (unpaired) electrons. The Morgan fingerprint density at radius 3 is 2.94 bits per heavy atom. The third-order valence-electron chi connectivity index (χ3n) is 2.34. The maximum Gasteiger partial charge on any atom is 0.354 e. The van der Waals surface area contributed by atoms with E-state index >= 15 is 0 Å². The number of hydrogen-bond donors (Lipinski definition) is 1. The lowest BCUT2D eigenvalue weighted by molar-refractivity contribution is -0.150. The number of carbonyl (C=O) groups is 1. The Labute approximate surface area is 103 Å². The van der Waals surface area contributed by atoms with Crippen molar-refractivity contribution < 1.29 is 14.6 Å². The van der Waals surface area contributed by atoms with Crippen LogP contribution in [0.2, 0.25) is 5.02 Å². The Morgan fingerprint density at radius 1 is 1.53 bits per heavy atom. The molecule has 1 aromatic carbocycles. The summed E-state index contributed by atoms with van der Waals surface area (Å²) in [5.74, 6) is -0.674. The third kappa shape index (κ3) is 2.47. The average Bonchev–Trinajstić information content (AvgIpc) is 2.30. The fraction of sp³-hybridized carbons (Fsp3) is 0.167. The number of nitrogens with zero attached hydrogens (tertiary/aromatic N) is 1. The zero-order chi connectivity index (χ0) is 12.3.